The number of anilines is 2. The summed E-state index contributed by atoms with van der Waals surface area (Å²) in [7, 11) is 0. The van der Waals surface area contributed by atoms with Crippen LogP contribution in [-0.4, -0.2) is 53.7 Å². The monoisotopic (exact) mass is 405 g/mol. The number of ether oxygens (including phenoxy) is 1. The lowest BCUT2D eigenvalue weighted by Gasteiger charge is -2.36. The first kappa shape index (κ1) is 20.1. The van der Waals surface area contributed by atoms with Gasteiger partial charge in [-0.05, 0) is 55.7 Å². The number of hydrogen-bond acceptors (Lipinski definition) is 7. The van der Waals surface area contributed by atoms with Crippen LogP contribution >= 0.6 is 0 Å². The highest BCUT2D eigenvalue weighted by molar-refractivity contribution is 5.95. The van der Waals surface area contributed by atoms with E-state index in [4.69, 9.17) is 9.72 Å². The maximum absolute atomic E-state index is 12.8. The third kappa shape index (κ3) is 4.06. The van der Waals surface area contributed by atoms with Crippen molar-refractivity contribution in [3.05, 3.63) is 53.3 Å². The molecule has 2 aromatic heterocycles. The molecular formula is C23H27N5O2. The standard InChI is InChI=1S/C23H27N5O2/c1-4-13-30-23(29)21-22(26-19-15-17(3)16(2)14-18(19)25-21)28-11-9-27(10-12-28)20-7-5-6-8-24-20/h5-8,14-15H,4,9-13H2,1-3H3. The van der Waals surface area contributed by atoms with Crippen LogP contribution in [0.15, 0.2) is 36.5 Å². The second kappa shape index (κ2) is 8.65. The molecule has 30 heavy (non-hydrogen) atoms. The van der Waals surface area contributed by atoms with Gasteiger partial charge < -0.3 is 14.5 Å². The Labute approximate surface area is 176 Å². The number of carbonyl (C=O) groups excluding carboxylic acids is 1. The van der Waals surface area contributed by atoms with Gasteiger partial charge in [-0.3, -0.25) is 0 Å². The number of esters is 1. The van der Waals surface area contributed by atoms with Crippen molar-refractivity contribution in [1.29, 1.82) is 0 Å². The third-order valence-corrected chi connectivity index (χ3v) is 5.44. The summed E-state index contributed by atoms with van der Waals surface area (Å²) >= 11 is 0. The van der Waals surface area contributed by atoms with E-state index in [1.165, 1.54) is 0 Å². The van der Waals surface area contributed by atoms with Crippen molar-refractivity contribution < 1.29 is 9.53 Å². The minimum atomic E-state index is -0.411. The molecule has 7 heteroatoms. The van der Waals surface area contributed by atoms with Gasteiger partial charge in [0.05, 0.1) is 17.6 Å². The first-order valence-electron chi connectivity index (χ1n) is 10.4. The zero-order chi connectivity index (χ0) is 21.1. The summed E-state index contributed by atoms with van der Waals surface area (Å²) in [5.74, 6) is 1.16. The molecule has 4 rings (SSSR count). The summed E-state index contributed by atoms with van der Waals surface area (Å²) in [4.78, 5) is 31.1. The molecule has 0 spiro atoms. The van der Waals surface area contributed by atoms with Gasteiger partial charge in [0.1, 0.15) is 5.82 Å². The minimum absolute atomic E-state index is 0.297. The number of hydrogen-bond donors (Lipinski definition) is 0. The molecule has 7 nitrogen and oxygen atoms in total. The third-order valence-electron chi connectivity index (χ3n) is 5.44. The summed E-state index contributed by atoms with van der Waals surface area (Å²) < 4.78 is 5.41. The van der Waals surface area contributed by atoms with Crippen molar-refractivity contribution >= 4 is 28.6 Å². The molecular weight excluding hydrogens is 378 g/mol. The molecule has 156 valence electrons. The Balaban J connectivity index is 1.66. The van der Waals surface area contributed by atoms with Crippen molar-refractivity contribution in [3.8, 4) is 0 Å². The SMILES string of the molecule is CCCOC(=O)c1nc2cc(C)c(C)cc2nc1N1CCN(c2ccccn2)CC1. The van der Waals surface area contributed by atoms with E-state index in [0.717, 1.165) is 60.6 Å². The second-order valence-corrected chi connectivity index (χ2v) is 7.62. The van der Waals surface area contributed by atoms with Gasteiger partial charge in [-0.15, -0.1) is 0 Å². The second-order valence-electron chi connectivity index (χ2n) is 7.62. The van der Waals surface area contributed by atoms with E-state index < -0.39 is 5.97 Å². The topological polar surface area (TPSA) is 71.5 Å². The van der Waals surface area contributed by atoms with Crippen LogP contribution in [0, 0.1) is 13.8 Å². The fraction of sp³-hybridized carbons (Fsp3) is 0.391. The molecule has 0 unspecified atom stereocenters. The van der Waals surface area contributed by atoms with Gasteiger partial charge in [0.2, 0.25) is 0 Å². The van der Waals surface area contributed by atoms with E-state index in [1.807, 2.05) is 50.4 Å². The lowest BCUT2D eigenvalue weighted by atomic mass is 10.1. The zero-order valence-corrected chi connectivity index (χ0v) is 17.8. The highest BCUT2D eigenvalue weighted by atomic mass is 16.5. The van der Waals surface area contributed by atoms with E-state index in [9.17, 15) is 4.79 Å². The zero-order valence-electron chi connectivity index (χ0n) is 17.8. The average molecular weight is 406 g/mol. The molecule has 0 radical (unpaired) electrons. The van der Waals surface area contributed by atoms with Crippen LogP contribution in [-0.2, 0) is 4.74 Å². The number of aryl methyl sites for hydroxylation is 2. The largest absolute Gasteiger partial charge is 0.461 e. The Morgan fingerprint density at radius 1 is 1.00 bits per heavy atom. The summed E-state index contributed by atoms with van der Waals surface area (Å²) in [6.45, 7) is 9.51. The first-order chi connectivity index (χ1) is 14.6. The maximum Gasteiger partial charge on any atom is 0.360 e. The van der Waals surface area contributed by atoms with E-state index in [-0.39, 0.29) is 0 Å². The van der Waals surface area contributed by atoms with Crippen LogP contribution in [0.1, 0.15) is 35.0 Å². The van der Waals surface area contributed by atoms with E-state index in [2.05, 4.69) is 26.7 Å². The molecule has 0 N–H and O–H groups in total. The van der Waals surface area contributed by atoms with E-state index >= 15 is 0 Å². The smallest absolute Gasteiger partial charge is 0.360 e. The molecule has 1 aliphatic heterocycles. The van der Waals surface area contributed by atoms with Crippen molar-refractivity contribution in [1.82, 2.24) is 15.0 Å². The van der Waals surface area contributed by atoms with Gasteiger partial charge in [-0.2, -0.15) is 0 Å². The van der Waals surface area contributed by atoms with Crippen LogP contribution in [0.4, 0.5) is 11.6 Å². The van der Waals surface area contributed by atoms with Gasteiger partial charge in [0, 0.05) is 32.4 Å². The minimum Gasteiger partial charge on any atom is -0.461 e. The molecule has 1 aromatic carbocycles. The number of carbonyl (C=O) groups is 1. The molecule has 0 amide bonds. The number of nitrogens with zero attached hydrogens (tertiary/aromatic N) is 5. The van der Waals surface area contributed by atoms with Gasteiger partial charge in [-0.1, -0.05) is 13.0 Å². The quantitative estimate of drug-likeness (QED) is 0.601. The Kier molecular flexibility index (Phi) is 5.79. The van der Waals surface area contributed by atoms with Crippen LogP contribution in [0.5, 0.6) is 0 Å². The van der Waals surface area contributed by atoms with Crippen LogP contribution in [0.2, 0.25) is 0 Å². The molecule has 1 fully saturated rings. The number of benzene rings is 1. The Bertz CT molecular complexity index is 1050. The number of rotatable bonds is 5. The summed E-state index contributed by atoms with van der Waals surface area (Å²) in [6, 6.07) is 9.95. The summed E-state index contributed by atoms with van der Waals surface area (Å²) in [5, 5.41) is 0. The number of fused-ring (bicyclic) bond motifs is 1. The average Bonchev–Trinajstić information content (AvgIpc) is 2.78. The molecule has 3 aromatic rings. The van der Waals surface area contributed by atoms with Gasteiger partial charge in [-0.25, -0.2) is 19.7 Å². The maximum atomic E-state index is 12.8. The van der Waals surface area contributed by atoms with Crippen molar-refractivity contribution in [2.24, 2.45) is 0 Å². The lowest BCUT2D eigenvalue weighted by molar-refractivity contribution is 0.0499. The van der Waals surface area contributed by atoms with Gasteiger partial charge in [0.25, 0.3) is 0 Å². The number of aromatic nitrogens is 3. The molecule has 1 saturated heterocycles. The normalized spacial score (nSPS) is 14.2. The Morgan fingerprint density at radius 2 is 1.67 bits per heavy atom. The number of piperazine rings is 1. The highest BCUT2D eigenvalue weighted by Gasteiger charge is 2.26. The molecule has 3 heterocycles. The predicted octanol–water partition coefficient (Wildman–Crippen LogP) is 3.54. The molecule has 0 atom stereocenters. The number of pyridine rings is 1. The first-order valence-corrected chi connectivity index (χ1v) is 10.4. The van der Waals surface area contributed by atoms with E-state index in [1.54, 1.807) is 0 Å². The summed E-state index contributed by atoms with van der Waals surface area (Å²) in [5.41, 5.74) is 4.10. The molecule has 0 bridgehead atoms. The van der Waals surface area contributed by atoms with E-state index in [0.29, 0.717) is 18.1 Å². The Hall–Kier alpha value is -3.22. The van der Waals surface area contributed by atoms with Crippen LogP contribution in [0.3, 0.4) is 0 Å². The molecule has 0 saturated carbocycles. The Morgan fingerprint density at radius 3 is 2.30 bits per heavy atom. The lowest BCUT2D eigenvalue weighted by Crippen LogP contribution is -2.47. The highest BCUT2D eigenvalue weighted by Crippen LogP contribution is 2.25. The molecule has 1 aliphatic rings. The van der Waals surface area contributed by atoms with Crippen molar-refractivity contribution in [3.63, 3.8) is 0 Å². The molecule has 0 aliphatic carbocycles. The fourth-order valence-electron chi connectivity index (χ4n) is 3.61. The van der Waals surface area contributed by atoms with Crippen LogP contribution in [0.25, 0.3) is 11.0 Å². The fourth-order valence-corrected chi connectivity index (χ4v) is 3.61. The van der Waals surface area contributed by atoms with Crippen molar-refractivity contribution in [2.45, 2.75) is 27.2 Å². The van der Waals surface area contributed by atoms with Crippen molar-refractivity contribution in [2.75, 3.05) is 42.6 Å². The van der Waals surface area contributed by atoms with Crippen LogP contribution < -0.4 is 9.80 Å². The van der Waals surface area contributed by atoms with Gasteiger partial charge >= 0.3 is 5.97 Å². The van der Waals surface area contributed by atoms with Gasteiger partial charge in [0.15, 0.2) is 11.5 Å². The predicted molar refractivity (Wildman–Crippen MR) is 118 cm³/mol. The summed E-state index contributed by atoms with van der Waals surface area (Å²) in [6.07, 6.45) is 2.58.